The first-order chi connectivity index (χ1) is 8.09. The Labute approximate surface area is 102 Å². The molecule has 0 spiro atoms. The van der Waals surface area contributed by atoms with Crippen LogP contribution in [0.2, 0.25) is 0 Å². The molecule has 0 bridgehead atoms. The maximum Gasteiger partial charge on any atom is 0.123 e. The lowest BCUT2D eigenvalue weighted by atomic mass is 10.0. The summed E-state index contributed by atoms with van der Waals surface area (Å²) in [6.45, 7) is 5.84. The molecule has 0 aliphatic carbocycles. The van der Waals surface area contributed by atoms with Crippen molar-refractivity contribution in [3.8, 4) is 0 Å². The van der Waals surface area contributed by atoms with Crippen LogP contribution in [-0.4, -0.2) is 18.8 Å². The third-order valence-corrected chi connectivity index (χ3v) is 3.43. The molecular weight excluding hydrogens is 217 g/mol. The summed E-state index contributed by atoms with van der Waals surface area (Å²) in [4.78, 5) is 0. The Morgan fingerprint density at radius 3 is 3.00 bits per heavy atom. The molecule has 1 heterocycles. The van der Waals surface area contributed by atoms with Crippen molar-refractivity contribution in [1.82, 2.24) is 5.32 Å². The van der Waals surface area contributed by atoms with E-state index in [-0.39, 0.29) is 17.5 Å². The number of hydrogen-bond acceptors (Lipinski definition) is 2. The summed E-state index contributed by atoms with van der Waals surface area (Å²) in [6, 6.07) is 6.88. The Bertz CT molecular complexity index is 374. The summed E-state index contributed by atoms with van der Waals surface area (Å²) in [7, 11) is 0. The van der Waals surface area contributed by atoms with Gasteiger partial charge in [-0.3, -0.25) is 0 Å². The minimum Gasteiger partial charge on any atom is -0.374 e. The van der Waals surface area contributed by atoms with E-state index in [0.29, 0.717) is 0 Å². The normalized spacial score (nSPS) is 26.1. The van der Waals surface area contributed by atoms with E-state index in [1.807, 2.05) is 13.0 Å². The number of halogens is 1. The van der Waals surface area contributed by atoms with E-state index in [1.165, 1.54) is 6.07 Å². The molecule has 0 amide bonds. The van der Waals surface area contributed by atoms with Crippen molar-refractivity contribution >= 4 is 0 Å². The molecule has 2 nitrogen and oxygen atoms in total. The summed E-state index contributed by atoms with van der Waals surface area (Å²) in [6.07, 6.45) is 2.22. The second-order valence-corrected chi connectivity index (χ2v) is 5.06. The van der Waals surface area contributed by atoms with Crippen LogP contribution < -0.4 is 5.32 Å². The maximum absolute atomic E-state index is 13.1. The Hall–Kier alpha value is -0.930. The second kappa shape index (κ2) is 5.15. The molecule has 2 unspecified atom stereocenters. The number of rotatable bonds is 4. The fraction of sp³-hybridized carbons (Fsp3) is 0.571. The van der Waals surface area contributed by atoms with Gasteiger partial charge in [0.15, 0.2) is 0 Å². The van der Waals surface area contributed by atoms with Crippen LogP contribution >= 0.6 is 0 Å². The van der Waals surface area contributed by atoms with Gasteiger partial charge in [0.25, 0.3) is 0 Å². The molecule has 2 atom stereocenters. The van der Waals surface area contributed by atoms with Gasteiger partial charge in [0.2, 0.25) is 0 Å². The highest BCUT2D eigenvalue weighted by Gasteiger charge is 2.29. The lowest BCUT2D eigenvalue weighted by Crippen LogP contribution is -2.38. The highest BCUT2D eigenvalue weighted by Crippen LogP contribution is 2.25. The first-order valence-corrected chi connectivity index (χ1v) is 6.22. The minimum atomic E-state index is -0.181. The van der Waals surface area contributed by atoms with Crippen LogP contribution in [-0.2, 0) is 4.74 Å². The molecule has 1 aromatic rings. The average molecular weight is 237 g/mol. The molecule has 1 aliphatic heterocycles. The molecule has 3 heteroatoms. The third kappa shape index (κ3) is 3.27. The molecule has 1 aliphatic rings. The molecule has 0 aromatic heterocycles. The SMILES string of the molecule is CC(NCC1(C)CCCO1)c1cccc(F)c1. The van der Waals surface area contributed by atoms with Crippen LogP contribution in [0.4, 0.5) is 4.39 Å². The molecule has 1 N–H and O–H groups in total. The van der Waals surface area contributed by atoms with Gasteiger partial charge in [-0.1, -0.05) is 12.1 Å². The average Bonchev–Trinajstić information content (AvgIpc) is 2.74. The topological polar surface area (TPSA) is 21.3 Å². The van der Waals surface area contributed by atoms with E-state index in [2.05, 4.69) is 12.2 Å². The minimum absolute atomic E-state index is 0.0540. The Morgan fingerprint density at radius 2 is 2.35 bits per heavy atom. The second-order valence-electron chi connectivity index (χ2n) is 5.06. The number of benzene rings is 1. The fourth-order valence-corrected chi connectivity index (χ4v) is 2.24. The van der Waals surface area contributed by atoms with Gasteiger partial charge >= 0.3 is 0 Å². The van der Waals surface area contributed by atoms with Crippen LogP contribution in [0.5, 0.6) is 0 Å². The van der Waals surface area contributed by atoms with Crippen molar-refractivity contribution in [3.63, 3.8) is 0 Å². The third-order valence-electron chi connectivity index (χ3n) is 3.43. The summed E-state index contributed by atoms with van der Waals surface area (Å²) >= 11 is 0. The first-order valence-electron chi connectivity index (χ1n) is 6.22. The van der Waals surface area contributed by atoms with E-state index < -0.39 is 0 Å². The summed E-state index contributed by atoms with van der Waals surface area (Å²) in [5.41, 5.74) is 0.924. The summed E-state index contributed by atoms with van der Waals surface area (Å²) in [5.74, 6) is -0.181. The lowest BCUT2D eigenvalue weighted by molar-refractivity contribution is 0.0191. The van der Waals surface area contributed by atoms with Crippen LogP contribution in [0, 0.1) is 5.82 Å². The predicted octanol–water partition coefficient (Wildman–Crippen LogP) is 3.05. The zero-order chi connectivity index (χ0) is 12.3. The van der Waals surface area contributed by atoms with E-state index >= 15 is 0 Å². The largest absolute Gasteiger partial charge is 0.374 e. The monoisotopic (exact) mass is 237 g/mol. The molecule has 94 valence electrons. The molecule has 0 saturated carbocycles. The molecule has 0 radical (unpaired) electrons. The van der Waals surface area contributed by atoms with Gasteiger partial charge < -0.3 is 10.1 Å². The fourth-order valence-electron chi connectivity index (χ4n) is 2.24. The summed E-state index contributed by atoms with van der Waals surface area (Å²) in [5, 5.41) is 3.42. The van der Waals surface area contributed by atoms with Crippen LogP contribution in [0.25, 0.3) is 0 Å². The van der Waals surface area contributed by atoms with E-state index in [4.69, 9.17) is 4.74 Å². The first kappa shape index (κ1) is 12.5. The zero-order valence-electron chi connectivity index (χ0n) is 10.5. The van der Waals surface area contributed by atoms with Gasteiger partial charge in [0.05, 0.1) is 5.60 Å². The van der Waals surface area contributed by atoms with Crippen molar-refractivity contribution < 1.29 is 9.13 Å². The maximum atomic E-state index is 13.1. The molecule has 2 rings (SSSR count). The van der Waals surface area contributed by atoms with Crippen molar-refractivity contribution in [3.05, 3.63) is 35.6 Å². The van der Waals surface area contributed by atoms with Crippen LogP contribution in [0.1, 0.15) is 38.3 Å². The van der Waals surface area contributed by atoms with Gasteiger partial charge in [0, 0.05) is 19.2 Å². The van der Waals surface area contributed by atoms with Crippen molar-refractivity contribution in [2.45, 2.75) is 38.3 Å². The Kier molecular flexibility index (Phi) is 3.79. The molecule has 1 aromatic carbocycles. The van der Waals surface area contributed by atoms with Crippen LogP contribution in [0.15, 0.2) is 24.3 Å². The Balaban J connectivity index is 1.91. The van der Waals surface area contributed by atoms with Gasteiger partial charge in [0.1, 0.15) is 5.82 Å². The van der Waals surface area contributed by atoms with Crippen LogP contribution in [0.3, 0.4) is 0 Å². The standard InChI is InChI=1S/C14H20FNO/c1-11(12-5-3-6-13(15)9-12)16-10-14(2)7-4-8-17-14/h3,5-6,9,11,16H,4,7-8,10H2,1-2H3. The van der Waals surface area contributed by atoms with Crippen molar-refractivity contribution in [1.29, 1.82) is 0 Å². The van der Waals surface area contributed by atoms with E-state index in [0.717, 1.165) is 31.6 Å². The molecule has 17 heavy (non-hydrogen) atoms. The molecule has 1 saturated heterocycles. The molecular formula is C14H20FNO. The van der Waals surface area contributed by atoms with Gasteiger partial charge in [-0.2, -0.15) is 0 Å². The predicted molar refractivity (Wildman–Crippen MR) is 66.4 cm³/mol. The Morgan fingerprint density at radius 1 is 1.53 bits per heavy atom. The number of ether oxygens (including phenoxy) is 1. The number of hydrogen-bond donors (Lipinski definition) is 1. The van der Waals surface area contributed by atoms with E-state index in [9.17, 15) is 4.39 Å². The lowest BCUT2D eigenvalue weighted by Gasteiger charge is -2.26. The number of nitrogens with one attached hydrogen (secondary N) is 1. The zero-order valence-corrected chi connectivity index (χ0v) is 10.5. The van der Waals surface area contributed by atoms with Gasteiger partial charge in [-0.25, -0.2) is 4.39 Å². The quantitative estimate of drug-likeness (QED) is 0.869. The highest BCUT2D eigenvalue weighted by atomic mass is 19.1. The summed E-state index contributed by atoms with van der Waals surface area (Å²) < 4.78 is 18.8. The van der Waals surface area contributed by atoms with Crippen molar-refractivity contribution in [2.24, 2.45) is 0 Å². The van der Waals surface area contributed by atoms with E-state index in [1.54, 1.807) is 12.1 Å². The van der Waals surface area contributed by atoms with Gasteiger partial charge in [-0.05, 0) is 44.4 Å². The highest BCUT2D eigenvalue weighted by molar-refractivity contribution is 5.19. The van der Waals surface area contributed by atoms with Crippen molar-refractivity contribution in [2.75, 3.05) is 13.2 Å². The van der Waals surface area contributed by atoms with Gasteiger partial charge in [-0.15, -0.1) is 0 Å². The molecule has 1 fully saturated rings. The smallest absolute Gasteiger partial charge is 0.123 e.